The van der Waals surface area contributed by atoms with Crippen LogP contribution in [0.4, 0.5) is 5.82 Å². The van der Waals surface area contributed by atoms with Crippen LogP contribution < -0.4 is 10.1 Å². The van der Waals surface area contributed by atoms with E-state index in [0.29, 0.717) is 18.0 Å². The molecular formula is C26H26BrN3O3. The summed E-state index contributed by atoms with van der Waals surface area (Å²) in [6.45, 7) is 7.38. The average Bonchev–Trinajstić information content (AvgIpc) is 3.18. The van der Waals surface area contributed by atoms with Crippen molar-refractivity contribution in [3.63, 3.8) is 0 Å². The Balaban J connectivity index is 1.38. The summed E-state index contributed by atoms with van der Waals surface area (Å²) in [5.41, 5.74) is 5.70. The molecule has 1 N–H and O–H groups in total. The van der Waals surface area contributed by atoms with Gasteiger partial charge in [0.15, 0.2) is 0 Å². The molecule has 0 unspecified atom stereocenters. The van der Waals surface area contributed by atoms with E-state index in [1.807, 2.05) is 30.3 Å². The van der Waals surface area contributed by atoms with Gasteiger partial charge in [0.05, 0.1) is 25.4 Å². The maximum Gasteiger partial charge on any atom is 0.257 e. The van der Waals surface area contributed by atoms with Crippen LogP contribution in [0, 0.1) is 6.92 Å². The molecule has 0 atom stereocenters. The minimum Gasteiger partial charge on any atom is -0.493 e. The number of aryl methyl sites for hydroxylation is 1. The molecule has 1 aromatic heterocycles. The molecule has 170 valence electrons. The van der Waals surface area contributed by atoms with E-state index < -0.39 is 0 Å². The quantitative estimate of drug-likeness (QED) is 0.381. The van der Waals surface area contributed by atoms with E-state index in [2.05, 4.69) is 50.2 Å². The molecule has 1 aromatic rings. The van der Waals surface area contributed by atoms with E-state index >= 15 is 0 Å². The van der Waals surface area contributed by atoms with Crippen molar-refractivity contribution in [3.05, 3.63) is 63.8 Å². The number of rotatable bonds is 6. The summed E-state index contributed by atoms with van der Waals surface area (Å²) in [5.74, 6) is 1.33. The normalized spacial score (nSPS) is 17.4. The molecule has 7 heteroatoms. The lowest BCUT2D eigenvalue weighted by Crippen LogP contribution is -2.37. The highest BCUT2D eigenvalue weighted by molar-refractivity contribution is 9.10. The van der Waals surface area contributed by atoms with Crippen molar-refractivity contribution in [1.29, 1.82) is 0 Å². The number of carbonyl (C=O) groups is 1. The summed E-state index contributed by atoms with van der Waals surface area (Å²) >= 11 is 3.46. The van der Waals surface area contributed by atoms with Gasteiger partial charge in [-0.25, -0.2) is 4.98 Å². The van der Waals surface area contributed by atoms with Crippen LogP contribution in [0.2, 0.25) is 0 Å². The largest absolute Gasteiger partial charge is 0.493 e. The van der Waals surface area contributed by atoms with Crippen LogP contribution >= 0.6 is 15.9 Å². The van der Waals surface area contributed by atoms with Crippen LogP contribution in [0.15, 0.2) is 47.1 Å². The molecule has 0 bridgehead atoms. The van der Waals surface area contributed by atoms with Crippen LogP contribution in [0.3, 0.4) is 0 Å². The van der Waals surface area contributed by atoms with Gasteiger partial charge in [-0.1, -0.05) is 24.3 Å². The van der Waals surface area contributed by atoms with E-state index in [4.69, 9.17) is 9.47 Å². The first-order chi connectivity index (χ1) is 16.1. The molecule has 6 nitrogen and oxygen atoms in total. The summed E-state index contributed by atoms with van der Waals surface area (Å²) in [5, 5.41) is 2.85. The summed E-state index contributed by atoms with van der Waals surface area (Å²) in [6.07, 6.45) is 4.61. The lowest BCUT2D eigenvalue weighted by Gasteiger charge is -2.26. The van der Waals surface area contributed by atoms with Gasteiger partial charge in [-0.2, -0.15) is 0 Å². The van der Waals surface area contributed by atoms with E-state index in [1.165, 1.54) is 0 Å². The van der Waals surface area contributed by atoms with Gasteiger partial charge >= 0.3 is 0 Å². The van der Waals surface area contributed by atoms with Gasteiger partial charge in [-0.05, 0) is 64.2 Å². The van der Waals surface area contributed by atoms with Gasteiger partial charge in [0.2, 0.25) is 0 Å². The zero-order valence-corrected chi connectivity index (χ0v) is 20.2. The molecule has 0 saturated carbocycles. The highest BCUT2D eigenvalue weighted by atomic mass is 79.9. The van der Waals surface area contributed by atoms with Crippen molar-refractivity contribution in [2.75, 3.05) is 44.8 Å². The number of aromatic nitrogens is 1. The number of anilines is 1. The Morgan fingerprint density at radius 3 is 2.88 bits per heavy atom. The van der Waals surface area contributed by atoms with Crippen LogP contribution in [-0.2, 0) is 9.53 Å². The lowest BCUT2D eigenvalue weighted by atomic mass is 10.0. The Morgan fingerprint density at radius 2 is 2.03 bits per heavy atom. The highest BCUT2D eigenvalue weighted by Gasteiger charge is 2.27. The van der Waals surface area contributed by atoms with Crippen molar-refractivity contribution in [3.8, 4) is 16.9 Å². The number of halogens is 1. The number of fused-ring (bicyclic) bond motifs is 2. The van der Waals surface area contributed by atoms with Crippen LogP contribution in [0.25, 0.3) is 22.8 Å². The van der Waals surface area contributed by atoms with Crippen molar-refractivity contribution < 1.29 is 14.3 Å². The summed E-state index contributed by atoms with van der Waals surface area (Å²) in [6, 6.07) is 12.2. The fourth-order valence-corrected chi connectivity index (χ4v) is 4.83. The number of nitrogens with one attached hydrogen (secondary N) is 1. The second-order valence-electron chi connectivity index (χ2n) is 8.37. The van der Waals surface area contributed by atoms with Crippen molar-refractivity contribution in [2.24, 2.45) is 0 Å². The van der Waals surface area contributed by atoms with Crippen molar-refractivity contribution >= 4 is 39.3 Å². The third kappa shape index (κ3) is 4.67. The Hall–Kier alpha value is -2.74. The summed E-state index contributed by atoms with van der Waals surface area (Å²) < 4.78 is 12.5. The van der Waals surface area contributed by atoms with Gasteiger partial charge in [0.25, 0.3) is 5.91 Å². The molecule has 0 aromatic carbocycles. The van der Waals surface area contributed by atoms with Crippen LogP contribution in [0.5, 0.6) is 5.75 Å². The maximum absolute atomic E-state index is 12.7. The molecule has 1 amide bonds. The van der Waals surface area contributed by atoms with Crippen molar-refractivity contribution in [1.82, 2.24) is 9.88 Å². The maximum atomic E-state index is 12.7. The average molecular weight is 508 g/mol. The topological polar surface area (TPSA) is 63.7 Å². The Morgan fingerprint density at radius 1 is 1.21 bits per heavy atom. The summed E-state index contributed by atoms with van der Waals surface area (Å²) in [7, 11) is 0. The minimum atomic E-state index is -0.137. The van der Waals surface area contributed by atoms with Gasteiger partial charge in [0, 0.05) is 41.4 Å². The molecule has 0 spiro atoms. The summed E-state index contributed by atoms with van der Waals surface area (Å²) in [4.78, 5) is 19.4. The molecule has 33 heavy (non-hydrogen) atoms. The van der Waals surface area contributed by atoms with Gasteiger partial charge in [-0.15, -0.1) is 0 Å². The lowest BCUT2D eigenvalue weighted by molar-refractivity contribution is -0.110. The molecular weight excluding hydrogens is 482 g/mol. The number of morpholine rings is 1. The predicted molar refractivity (Wildman–Crippen MR) is 134 cm³/mol. The Kier molecular flexibility index (Phi) is 6.44. The van der Waals surface area contributed by atoms with E-state index in [9.17, 15) is 4.79 Å². The first-order valence-electron chi connectivity index (χ1n) is 11.2. The molecule has 3 heterocycles. The number of ether oxygens (including phenoxy) is 2. The molecule has 0 radical (unpaired) electrons. The number of hydrogen-bond acceptors (Lipinski definition) is 5. The monoisotopic (exact) mass is 507 g/mol. The van der Waals surface area contributed by atoms with E-state index in [0.717, 1.165) is 77.3 Å². The molecule has 1 fully saturated rings. The van der Waals surface area contributed by atoms with Crippen molar-refractivity contribution in [2.45, 2.75) is 13.3 Å². The van der Waals surface area contributed by atoms with Crippen LogP contribution in [0.1, 0.15) is 23.1 Å². The minimum absolute atomic E-state index is 0.137. The number of amides is 1. The van der Waals surface area contributed by atoms with E-state index in [1.54, 1.807) is 6.20 Å². The zero-order chi connectivity index (χ0) is 22.8. The highest BCUT2D eigenvalue weighted by Crippen LogP contribution is 2.41. The SMILES string of the molecule is Cc1cc(/C=C2\C(=O)Nc3ncc(Br)cc32)c2ccccc(OCCCN3CCOCC3)c1-2. The number of hydrogen-bond donors (Lipinski definition) is 1. The standard InChI is InChI=1S/C26H26BrN3O3/c1-17-13-18(14-22-21-15-19(27)16-28-25(21)29-26(22)31)20-5-2-3-6-23(24(17)20)33-10-4-7-30-8-11-32-12-9-30/h2-3,5-6,13-16H,4,7-12H2,1H3,(H,28,29,31)/b22-14-. The van der Waals surface area contributed by atoms with Gasteiger partial charge in [0.1, 0.15) is 11.6 Å². The molecule has 4 aliphatic rings. The number of carbonyl (C=O) groups excluding carboxylic acids is 1. The smallest absolute Gasteiger partial charge is 0.257 e. The third-order valence-corrected chi connectivity index (χ3v) is 6.55. The first-order valence-corrected chi connectivity index (χ1v) is 12.0. The van der Waals surface area contributed by atoms with Crippen LogP contribution in [-0.4, -0.2) is 55.2 Å². The molecule has 1 saturated heterocycles. The first kappa shape index (κ1) is 22.1. The van der Waals surface area contributed by atoms with Gasteiger partial charge < -0.3 is 14.8 Å². The number of pyridine rings is 1. The molecule has 2 aliphatic heterocycles. The Labute approximate surface area is 202 Å². The molecule has 2 aliphatic carbocycles. The second-order valence-corrected chi connectivity index (χ2v) is 9.29. The fraction of sp³-hybridized carbons (Fsp3) is 0.308. The second kappa shape index (κ2) is 9.63. The Bertz CT molecular complexity index is 1190. The van der Waals surface area contributed by atoms with E-state index in [-0.39, 0.29) is 5.91 Å². The fourth-order valence-electron chi connectivity index (χ4n) is 4.50. The van der Waals surface area contributed by atoms with Gasteiger partial charge in [-0.3, -0.25) is 9.69 Å². The zero-order valence-electron chi connectivity index (χ0n) is 18.6. The third-order valence-electron chi connectivity index (χ3n) is 6.12. The molecule has 5 rings (SSSR count). The number of nitrogens with zero attached hydrogens (tertiary/aromatic N) is 2. The predicted octanol–water partition coefficient (Wildman–Crippen LogP) is 4.85.